The first kappa shape index (κ1) is 11.4. The summed E-state index contributed by atoms with van der Waals surface area (Å²) in [7, 11) is 0. The maximum absolute atomic E-state index is 12.4. The van der Waals surface area contributed by atoms with E-state index < -0.39 is 0 Å². The molecule has 3 nitrogen and oxygen atoms in total. The van der Waals surface area contributed by atoms with Gasteiger partial charge in [-0.05, 0) is 44.2 Å². The first-order valence-corrected chi connectivity index (χ1v) is 6.38. The van der Waals surface area contributed by atoms with Crippen molar-refractivity contribution in [1.82, 2.24) is 10.3 Å². The maximum atomic E-state index is 12.4. The zero-order chi connectivity index (χ0) is 12.5. The lowest BCUT2D eigenvalue weighted by atomic mass is 9.91. The Morgan fingerprint density at radius 1 is 1.39 bits per heavy atom. The summed E-state index contributed by atoms with van der Waals surface area (Å²) in [5.41, 5.74) is 1.74. The number of nitrogens with one attached hydrogen (secondary N) is 1. The lowest BCUT2D eigenvalue weighted by molar-refractivity contribution is 0.0914. The van der Waals surface area contributed by atoms with Crippen LogP contribution in [0, 0.1) is 5.92 Å². The second-order valence-electron chi connectivity index (χ2n) is 4.91. The van der Waals surface area contributed by atoms with Crippen LogP contribution in [0.2, 0.25) is 0 Å². The summed E-state index contributed by atoms with van der Waals surface area (Å²) in [6.45, 7) is 3.02. The third-order valence-corrected chi connectivity index (χ3v) is 3.75. The van der Waals surface area contributed by atoms with Gasteiger partial charge < -0.3 is 5.32 Å². The molecule has 3 rings (SSSR count). The summed E-state index contributed by atoms with van der Waals surface area (Å²) >= 11 is 0. The number of hydrogen-bond donors (Lipinski definition) is 1. The fourth-order valence-corrected chi connectivity index (χ4v) is 2.66. The number of nitrogens with zero attached hydrogens (tertiary/aromatic N) is 1. The molecule has 1 aromatic carbocycles. The van der Waals surface area contributed by atoms with Crippen molar-refractivity contribution >= 4 is 16.7 Å². The number of pyridine rings is 1. The summed E-state index contributed by atoms with van der Waals surface area (Å²) < 4.78 is 0. The molecule has 1 aliphatic heterocycles. The molecule has 92 valence electrons. The normalized spacial score (nSPS) is 23.4. The molecule has 1 aromatic heterocycles. The number of rotatable bonds is 2. The molecule has 0 radical (unpaired) electrons. The number of aromatic nitrogens is 1. The Morgan fingerprint density at radius 3 is 3.06 bits per heavy atom. The van der Waals surface area contributed by atoms with Crippen LogP contribution < -0.4 is 5.32 Å². The third-order valence-electron chi connectivity index (χ3n) is 3.75. The van der Waals surface area contributed by atoms with Crippen LogP contribution in [0.4, 0.5) is 0 Å². The van der Waals surface area contributed by atoms with Gasteiger partial charge in [-0.15, -0.1) is 0 Å². The van der Waals surface area contributed by atoms with Crippen molar-refractivity contribution in [1.29, 1.82) is 0 Å². The molecule has 3 heteroatoms. The number of carbonyl (C=O) groups excluding carboxylic acids is 1. The van der Waals surface area contributed by atoms with E-state index in [1.807, 2.05) is 30.3 Å². The summed E-state index contributed by atoms with van der Waals surface area (Å²) in [6, 6.07) is 9.95. The Bertz CT molecular complexity index is 594. The van der Waals surface area contributed by atoms with Crippen molar-refractivity contribution in [3.05, 3.63) is 42.1 Å². The Balaban J connectivity index is 1.96. The van der Waals surface area contributed by atoms with E-state index >= 15 is 0 Å². The Labute approximate surface area is 106 Å². The number of fused-ring (bicyclic) bond motifs is 1. The Kier molecular flexibility index (Phi) is 2.84. The molecule has 0 amide bonds. The molecule has 0 aliphatic carbocycles. The van der Waals surface area contributed by atoms with Crippen LogP contribution in [-0.4, -0.2) is 23.4 Å². The second kappa shape index (κ2) is 4.50. The van der Waals surface area contributed by atoms with Crippen LogP contribution in [-0.2, 0) is 0 Å². The minimum atomic E-state index is 0.110. The number of hydrogen-bond acceptors (Lipinski definition) is 3. The van der Waals surface area contributed by atoms with Crippen LogP contribution >= 0.6 is 0 Å². The van der Waals surface area contributed by atoms with Crippen LogP contribution in [0.3, 0.4) is 0 Å². The molecule has 18 heavy (non-hydrogen) atoms. The third kappa shape index (κ3) is 1.91. The SMILES string of the molecule is CC1NCCC1C(=O)c1ccc2ncccc2c1. The zero-order valence-corrected chi connectivity index (χ0v) is 10.4. The van der Waals surface area contributed by atoms with Gasteiger partial charge in [-0.3, -0.25) is 9.78 Å². The van der Waals surface area contributed by atoms with Gasteiger partial charge in [0.25, 0.3) is 0 Å². The van der Waals surface area contributed by atoms with Crippen molar-refractivity contribution in [2.24, 2.45) is 5.92 Å². The van der Waals surface area contributed by atoms with E-state index in [0.29, 0.717) is 0 Å². The van der Waals surface area contributed by atoms with Crippen LogP contribution in [0.15, 0.2) is 36.5 Å². The number of benzene rings is 1. The zero-order valence-electron chi connectivity index (χ0n) is 10.4. The molecule has 2 heterocycles. The van der Waals surface area contributed by atoms with Crippen molar-refractivity contribution < 1.29 is 4.79 Å². The highest BCUT2D eigenvalue weighted by atomic mass is 16.1. The van der Waals surface area contributed by atoms with Crippen molar-refractivity contribution in [2.75, 3.05) is 6.54 Å². The molecule has 1 saturated heterocycles. The minimum absolute atomic E-state index is 0.110. The lowest BCUT2D eigenvalue weighted by Crippen LogP contribution is -2.28. The van der Waals surface area contributed by atoms with Gasteiger partial charge in [0.2, 0.25) is 0 Å². The molecular formula is C15H16N2O. The molecule has 1 fully saturated rings. The van der Waals surface area contributed by atoms with Gasteiger partial charge in [-0.1, -0.05) is 6.07 Å². The second-order valence-corrected chi connectivity index (χ2v) is 4.91. The van der Waals surface area contributed by atoms with Crippen molar-refractivity contribution in [2.45, 2.75) is 19.4 Å². The first-order valence-electron chi connectivity index (χ1n) is 6.38. The van der Waals surface area contributed by atoms with Gasteiger partial charge >= 0.3 is 0 Å². The van der Waals surface area contributed by atoms with Gasteiger partial charge in [0.1, 0.15) is 0 Å². The molecule has 2 aromatic rings. The van der Waals surface area contributed by atoms with Gasteiger partial charge in [0.05, 0.1) is 5.52 Å². The molecule has 0 spiro atoms. The van der Waals surface area contributed by atoms with Crippen molar-refractivity contribution in [3.63, 3.8) is 0 Å². The standard InChI is InChI=1S/C15H16N2O/c1-10-13(6-8-16-10)15(18)12-4-5-14-11(9-12)3-2-7-17-14/h2-5,7,9-10,13,16H,6,8H2,1H3. The summed E-state index contributed by atoms with van der Waals surface area (Å²) in [5, 5.41) is 4.35. The molecule has 1 N–H and O–H groups in total. The quantitative estimate of drug-likeness (QED) is 0.820. The predicted octanol–water partition coefficient (Wildman–Crippen LogP) is 2.42. The smallest absolute Gasteiger partial charge is 0.167 e. The topological polar surface area (TPSA) is 42.0 Å². The highest BCUT2D eigenvalue weighted by Crippen LogP contribution is 2.22. The minimum Gasteiger partial charge on any atom is -0.313 e. The van der Waals surface area contributed by atoms with E-state index in [9.17, 15) is 4.79 Å². The van der Waals surface area contributed by atoms with Crippen LogP contribution in [0.5, 0.6) is 0 Å². The molecule has 2 unspecified atom stereocenters. The average Bonchev–Trinajstić information content (AvgIpc) is 2.83. The summed E-state index contributed by atoms with van der Waals surface area (Å²) in [5.74, 6) is 0.359. The fourth-order valence-electron chi connectivity index (χ4n) is 2.66. The van der Waals surface area contributed by atoms with Gasteiger partial charge in [-0.2, -0.15) is 0 Å². The monoisotopic (exact) mass is 240 g/mol. The Hall–Kier alpha value is -1.74. The van der Waals surface area contributed by atoms with E-state index in [1.54, 1.807) is 6.20 Å². The van der Waals surface area contributed by atoms with Gasteiger partial charge in [0, 0.05) is 29.1 Å². The summed E-state index contributed by atoms with van der Waals surface area (Å²) in [6.07, 6.45) is 2.71. The molecule has 2 atom stereocenters. The molecule has 1 aliphatic rings. The molecule has 0 bridgehead atoms. The fraction of sp³-hybridized carbons (Fsp3) is 0.333. The number of Topliss-reactive ketones (excluding diaryl/α,β-unsaturated/α-hetero) is 1. The van der Waals surface area contributed by atoms with E-state index in [0.717, 1.165) is 29.4 Å². The largest absolute Gasteiger partial charge is 0.313 e. The highest BCUT2D eigenvalue weighted by molar-refractivity contribution is 6.01. The first-order chi connectivity index (χ1) is 8.75. The maximum Gasteiger partial charge on any atom is 0.167 e. The number of ketones is 1. The molecular weight excluding hydrogens is 224 g/mol. The predicted molar refractivity (Wildman–Crippen MR) is 71.6 cm³/mol. The van der Waals surface area contributed by atoms with E-state index in [2.05, 4.69) is 17.2 Å². The van der Waals surface area contributed by atoms with E-state index in [-0.39, 0.29) is 17.7 Å². The summed E-state index contributed by atoms with van der Waals surface area (Å²) in [4.78, 5) is 16.7. The van der Waals surface area contributed by atoms with Gasteiger partial charge in [0.15, 0.2) is 5.78 Å². The average molecular weight is 240 g/mol. The van der Waals surface area contributed by atoms with Gasteiger partial charge in [-0.25, -0.2) is 0 Å². The van der Waals surface area contributed by atoms with E-state index in [1.165, 1.54) is 0 Å². The Morgan fingerprint density at radius 2 is 2.28 bits per heavy atom. The molecule has 0 saturated carbocycles. The highest BCUT2D eigenvalue weighted by Gasteiger charge is 2.29. The lowest BCUT2D eigenvalue weighted by Gasteiger charge is -2.13. The van der Waals surface area contributed by atoms with Crippen molar-refractivity contribution in [3.8, 4) is 0 Å². The van der Waals surface area contributed by atoms with Crippen LogP contribution in [0.25, 0.3) is 10.9 Å². The number of carbonyl (C=O) groups is 1. The van der Waals surface area contributed by atoms with E-state index in [4.69, 9.17) is 0 Å². The van der Waals surface area contributed by atoms with Crippen LogP contribution in [0.1, 0.15) is 23.7 Å².